The van der Waals surface area contributed by atoms with Crippen molar-refractivity contribution < 1.29 is 14.0 Å². The summed E-state index contributed by atoms with van der Waals surface area (Å²) in [5.41, 5.74) is 0.545. The third-order valence-corrected chi connectivity index (χ3v) is 5.68. The minimum absolute atomic E-state index is 0. The first kappa shape index (κ1) is 25.3. The van der Waals surface area contributed by atoms with Gasteiger partial charge in [-0.3, -0.25) is 19.5 Å². The van der Waals surface area contributed by atoms with Gasteiger partial charge in [0.1, 0.15) is 5.82 Å². The van der Waals surface area contributed by atoms with Crippen LogP contribution in [-0.2, 0) is 9.59 Å². The van der Waals surface area contributed by atoms with Gasteiger partial charge in [-0.1, -0.05) is 0 Å². The Balaban J connectivity index is 0.00000341. The molecule has 2 aliphatic heterocycles. The second-order valence-electron chi connectivity index (χ2n) is 7.69. The number of nitrogens with zero attached hydrogens (tertiary/aromatic N) is 4. The maximum atomic E-state index is 13.0. The molecule has 2 N–H and O–H groups in total. The molecule has 2 aliphatic rings. The van der Waals surface area contributed by atoms with Crippen LogP contribution in [0, 0.1) is 5.82 Å². The van der Waals surface area contributed by atoms with E-state index in [1.54, 1.807) is 7.05 Å². The number of benzene rings is 1. The number of rotatable bonds is 5. The molecule has 1 aromatic carbocycles. The number of aliphatic imine (C=N–C) groups is 1. The lowest BCUT2D eigenvalue weighted by Crippen LogP contribution is -2.57. The molecule has 172 valence electrons. The highest BCUT2D eigenvalue weighted by Gasteiger charge is 2.30. The van der Waals surface area contributed by atoms with Gasteiger partial charge >= 0.3 is 0 Å². The second-order valence-corrected chi connectivity index (χ2v) is 7.69. The van der Waals surface area contributed by atoms with Crippen molar-refractivity contribution in [3.63, 3.8) is 0 Å². The molecule has 2 saturated heterocycles. The summed E-state index contributed by atoms with van der Waals surface area (Å²) in [7, 11) is 1.69. The van der Waals surface area contributed by atoms with Crippen LogP contribution in [0.2, 0.25) is 0 Å². The number of likely N-dealkylation sites (tertiary alicyclic amines) is 1. The van der Waals surface area contributed by atoms with Crippen molar-refractivity contribution in [1.29, 1.82) is 0 Å². The van der Waals surface area contributed by atoms with Gasteiger partial charge in [0.25, 0.3) is 0 Å². The number of carbonyl (C=O) groups excluding carboxylic acids is 2. The second kappa shape index (κ2) is 12.2. The van der Waals surface area contributed by atoms with E-state index in [4.69, 9.17) is 0 Å². The number of piperazine rings is 1. The highest BCUT2D eigenvalue weighted by atomic mass is 127. The zero-order chi connectivity index (χ0) is 21.5. The van der Waals surface area contributed by atoms with Gasteiger partial charge in [0.05, 0.1) is 12.6 Å². The highest BCUT2D eigenvalue weighted by Crippen LogP contribution is 2.14. The first-order chi connectivity index (χ1) is 14.5. The molecule has 1 unspecified atom stereocenters. The number of guanidine groups is 1. The van der Waals surface area contributed by atoms with Gasteiger partial charge in [-0.05, 0) is 44.0 Å². The third-order valence-electron chi connectivity index (χ3n) is 5.68. The number of anilines is 1. The molecule has 10 heteroatoms. The first-order valence-corrected chi connectivity index (χ1v) is 10.5. The van der Waals surface area contributed by atoms with E-state index in [2.05, 4.69) is 25.4 Å². The van der Waals surface area contributed by atoms with E-state index in [-0.39, 0.29) is 54.2 Å². The zero-order valence-corrected chi connectivity index (χ0v) is 20.5. The Morgan fingerprint density at radius 2 is 1.65 bits per heavy atom. The number of carbonyl (C=O) groups is 2. The van der Waals surface area contributed by atoms with Crippen LogP contribution in [0.4, 0.5) is 10.1 Å². The Morgan fingerprint density at radius 1 is 1.03 bits per heavy atom. The minimum atomic E-state index is -0.345. The van der Waals surface area contributed by atoms with Gasteiger partial charge in [0.2, 0.25) is 11.8 Å². The molecule has 1 aromatic rings. The molecular weight excluding hydrogens is 514 g/mol. The van der Waals surface area contributed by atoms with Gasteiger partial charge in [0.15, 0.2) is 5.96 Å². The molecule has 0 bridgehead atoms. The van der Waals surface area contributed by atoms with Crippen LogP contribution in [0.15, 0.2) is 29.3 Å². The van der Waals surface area contributed by atoms with Gasteiger partial charge in [-0.2, -0.15) is 0 Å². The molecular formula is C21H32FIN6O2. The molecule has 0 aromatic heterocycles. The van der Waals surface area contributed by atoms with Crippen molar-refractivity contribution in [2.24, 2.45) is 4.99 Å². The molecule has 1 atom stereocenters. The Hall–Kier alpha value is -1.95. The minimum Gasteiger partial charge on any atom is -0.347 e. The monoisotopic (exact) mass is 546 g/mol. The summed E-state index contributed by atoms with van der Waals surface area (Å²) in [5, 5.41) is 5.80. The molecule has 2 fully saturated rings. The lowest BCUT2D eigenvalue weighted by atomic mass is 10.2. The fourth-order valence-corrected chi connectivity index (χ4v) is 3.91. The van der Waals surface area contributed by atoms with Gasteiger partial charge < -0.3 is 20.4 Å². The molecule has 31 heavy (non-hydrogen) atoms. The number of nitrogens with one attached hydrogen (secondary N) is 2. The van der Waals surface area contributed by atoms with E-state index in [0.717, 1.165) is 52.1 Å². The molecule has 0 saturated carbocycles. The lowest BCUT2D eigenvalue weighted by Gasteiger charge is -2.39. The van der Waals surface area contributed by atoms with Crippen LogP contribution in [0.25, 0.3) is 0 Å². The summed E-state index contributed by atoms with van der Waals surface area (Å²) in [6, 6.07) is 5.53. The van der Waals surface area contributed by atoms with Crippen LogP contribution in [0.5, 0.6) is 0 Å². The summed E-state index contributed by atoms with van der Waals surface area (Å²) in [4.78, 5) is 35.3. The highest BCUT2D eigenvalue weighted by molar-refractivity contribution is 14.0. The van der Waals surface area contributed by atoms with Crippen LogP contribution < -0.4 is 10.6 Å². The lowest BCUT2D eigenvalue weighted by molar-refractivity contribution is -0.135. The SMILES string of the molecule is CN=C(NCC(=O)Nc1ccc(F)cc1)N1CCN(C(C)C(=O)N2CCCC2)CC1.I. The Bertz CT molecular complexity index is 762. The van der Waals surface area contributed by atoms with Crippen LogP contribution in [-0.4, -0.2) is 91.4 Å². The van der Waals surface area contributed by atoms with Gasteiger partial charge in [-0.15, -0.1) is 24.0 Å². The van der Waals surface area contributed by atoms with E-state index in [1.165, 1.54) is 24.3 Å². The van der Waals surface area contributed by atoms with Gasteiger partial charge in [-0.25, -0.2) is 4.39 Å². The molecule has 2 amide bonds. The van der Waals surface area contributed by atoms with E-state index in [1.807, 2.05) is 11.8 Å². The Labute approximate surface area is 200 Å². The average Bonchev–Trinajstić information content (AvgIpc) is 3.30. The molecule has 8 nitrogen and oxygen atoms in total. The van der Waals surface area contributed by atoms with Crippen molar-refractivity contribution in [1.82, 2.24) is 20.0 Å². The van der Waals surface area contributed by atoms with Crippen LogP contribution >= 0.6 is 24.0 Å². The number of hydrogen-bond donors (Lipinski definition) is 2. The normalized spacial score (nSPS) is 18.4. The number of amides is 2. The first-order valence-electron chi connectivity index (χ1n) is 10.5. The topological polar surface area (TPSA) is 80.3 Å². The van der Waals surface area contributed by atoms with Gasteiger partial charge in [0, 0.05) is 52.0 Å². The van der Waals surface area contributed by atoms with Crippen molar-refractivity contribution in [2.45, 2.75) is 25.8 Å². The summed E-state index contributed by atoms with van der Waals surface area (Å²) >= 11 is 0. The Morgan fingerprint density at radius 3 is 2.23 bits per heavy atom. The fraction of sp³-hybridized carbons (Fsp3) is 0.571. The molecule has 3 rings (SSSR count). The average molecular weight is 546 g/mol. The summed E-state index contributed by atoms with van der Waals surface area (Å²) in [6.45, 7) is 6.80. The van der Waals surface area contributed by atoms with E-state index >= 15 is 0 Å². The van der Waals surface area contributed by atoms with Crippen molar-refractivity contribution >= 4 is 47.4 Å². The van der Waals surface area contributed by atoms with Crippen molar-refractivity contribution in [3.05, 3.63) is 30.1 Å². The van der Waals surface area contributed by atoms with Crippen molar-refractivity contribution in [3.8, 4) is 0 Å². The van der Waals surface area contributed by atoms with E-state index < -0.39 is 0 Å². The van der Waals surface area contributed by atoms with Crippen molar-refractivity contribution in [2.75, 3.05) is 58.2 Å². The molecule has 0 spiro atoms. The summed E-state index contributed by atoms with van der Waals surface area (Å²) in [6.07, 6.45) is 2.20. The third kappa shape index (κ3) is 7.03. The zero-order valence-electron chi connectivity index (χ0n) is 18.1. The molecule has 0 aliphatic carbocycles. The molecule has 0 radical (unpaired) electrons. The Kier molecular flexibility index (Phi) is 9.94. The maximum absolute atomic E-state index is 13.0. The van der Waals surface area contributed by atoms with Crippen LogP contribution in [0.3, 0.4) is 0 Å². The van der Waals surface area contributed by atoms with Crippen LogP contribution in [0.1, 0.15) is 19.8 Å². The smallest absolute Gasteiger partial charge is 0.243 e. The predicted octanol–water partition coefficient (Wildman–Crippen LogP) is 1.59. The summed E-state index contributed by atoms with van der Waals surface area (Å²) in [5.74, 6) is 0.302. The standard InChI is InChI=1S/C21H31FN6O2.HI/c1-16(20(30)27-9-3-4-10-27)26-11-13-28(14-12-26)21(23-2)24-15-19(29)25-18-7-5-17(22)6-8-18;/h5-8,16H,3-4,9-15H2,1-2H3,(H,23,24)(H,25,29);1H. The molecule has 2 heterocycles. The largest absolute Gasteiger partial charge is 0.347 e. The number of hydrogen-bond acceptors (Lipinski definition) is 4. The van der Waals surface area contributed by atoms with E-state index in [0.29, 0.717) is 11.6 Å². The fourth-order valence-electron chi connectivity index (χ4n) is 3.91. The summed E-state index contributed by atoms with van der Waals surface area (Å²) < 4.78 is 13.0. The quantitative estimate of drug-likeness (QED) is 0.333. The number of halogens is 2. The maximum Gasteiger partial charge on any atom is 0.243 e. The predicted molar refractivity (Wildman–Crippen MR) is 130 cm³/mol. The van der Waals surface area contributed by atoms with E-state index in [9.17, 15) is 14.0 Å².